The van der Waals surface area contributed by atoms with Crippen molar-refractivity contribution < 1.29 is 5.11 Å². The summed E-state index contributed by atoms with van der Waals surface area (Å²) in [4.78, 5) is 9.06. The second kappa shape index (κ2) is 10.0. The molecule has 0 amide bonds. The summed E-state index contributed by atoms with van der Waals surface area (Å²) >= 11 is 6.33. The number of aromatic nitrogens is 7. The molecule has 3 aromatic carbocycles. The van der Waals surface area contributed by atoms with E-state index in [1.807, 2.05) is 84.4 Å². The third-order valence-electron chi connectivity index (χ3n) is 6.84. The number of nitrogens with zero attached hydrogens (tertiary/aromatic N) is 7. The monoisotopic (exact) mass is 536 g/mol. The summed E-state index contributed by atoms with van der Waals surface area (Å²) in [5.74, 6) is 0.368. The molecular weight excluding hydrogens is 512 g/mol. The summed E-state index contributed by atoms with van der Waals surface area (Å²) in [6, 6.07) is 21.1. The van der Waals surface area contributed by atoms with Gasteiger partial charge in [-0.1, -0.05) is 65.2 Å². The minimum Gasteiger partial charge on any atom is -0.374 e. The van der Waals surface area contributed by atoms with Crippen LogP contribution in [-0.4, -0.2) is 46.2 Å². The first-order valence-electron chi connectivity index (χ1n) is 12.4. The zero-order chi connectivity index (χ0) is 27.0. The van der Waals surface area contributed by atoms with E-state index in [4.69, 9.17) is 16.6 Å². The molecule has 39 heavy (non-hydrogen) atoms. The fraction of sp³-hybridized carbons (Fsp3) is 0.138. The van der Waals surface area contributed by atoms with E-state index in [1.54, 1.807) is 17.0 Å². The largest absolute Gasteiger partial charge is 0.374 e. The topological polar surface area (TPSA) is 106 Å². The molecule has 1 unspecified atom stereocenters. The molecule has 0 aliphatic carbocycles. The van der Waals surface area contributed by atoms with Crippen molar-refractivity contribution in [2.24, 2.45) is 7.05 Å². The lowest BCUT2D eigenvalue weighted by atomic mass is 9.82. The van der Waals surface area contributed by atoms with E-state index in [2.05, 4.69) is 32.4 Å². The summed E-state index contributed by atoms with van der Waals surface area (Å²) in [5.41, 5.74) is 3.80. The molecule has 0 fully saturated rings. The van der Waals surface area contributed by atoms with Crippen molar-refractivity contribution in [3.8, 4) is 11.3 Å². The lowest BCUT2D eigenvalue weighted by Crippen LogP contribution is -2.31. The Labute approximate surface area is 229 Å². The lowest BCUT2D eigenvalue weighted by molar-refractivity contribution is 0.117. The van der Waals surface area contributed by atoms with Crippen LogP contribution in [0.3, 0.4) is 0 Å². The van der Waals surface area contributed by atoms with Gasteiger partial charge in [0, 0.05) is 36.1 Å². The van der Waals surface area contributed by atoms with Gasteiger partial charge < -0.3 is 15.0 Å². The number of hydrogen-bond donors (Lipinski definition) is 2. The number of aliphatic hydroxyl groups is 1. The van der Waals surface area contributed by atoms with E-state index < -0.39 is 5.60 Å². The Morgan fingerprint density at radius 3 is 2.64 bits per heavy atom. The molecule has 2 N–H and O–H groups in total. The van der Waals surface area contributed by atoms with Gasteiger partial charge in [0.15, 0.2) is 5.60 Å². The van der Waals surface area contributed by atoms with Crippen LogP contribution in [0.5, 0.6) is 0 Å². The Morgan fingerprint density at radius 2 is 1.90 bits per heavy atom. The van der Waals surface area contributed by atoms with Crippen LogP contribution in [0.15, 0.2) is 91.9 Å². The Bertz CT molecular complexity index is 1810. The Kier molecular flexibility index (Phi) is 6.40. The van der Waals surface area contributed by atoms with Gasteiger partial charge in [-0.05, 0) is 51.4 Å². The van der Waals surface area contributed by atoms with Crippen LogP contribution < -0.4 is 5.32 Å². The molecule has 1 atom stereocenters. The van der Waals surface area contributed by atoms with Crippen molar-refractivity contribution in [1.82, 2.24) is 39.9 Å². The Hall–Kier alpha value is -4.44. The van der Waals surface area contributed by atoms with E-state index in [9.17, 15) is 5.11 Å². The molecule has 0 radical (unpaired) electrons. The van der Waals surface area contributed by atoms with Crippen LogP contribution in [0.4, 0.5) is 0 Å². The van der Waals surface area contributed by atoms with E-state index >= 15 is 0 Å². The fourth-order valence-corrected chi connectivity index (χ4v) is 5.10. The normalized spacial score (nSPS) is 13.1. The number of aryl methyl sites for hydroxylation is 1. The zero-order valence-electron chi connectivity index (χ0n) is 21.2. The third-order valence-corrected chi connectivity index (χ3v) is 7.07. The summed E-state index contributed by atoms with van der Waals surface area (Å²) in [6.07, 6.45) is 5.19. The molecule has 0 saturated carbocycles. The van der Waals surface area contributed by atoms with Gasteiger partial charge in [0.25, 0.3) is 5.78 Å². The zero-order valence-corrected chi connectivity index (χ0v) is 21.9. The first-order valence-corrected chi connectivity index (χ1v) is 12.8. The van der Waals surface area contributed by atoms with Crippen molar-refractivity contribution in [3.05, 3.63) is 119 Å². The molecule has 3 aromatic heterocycles. The van der Waals surface area contributed by atoms with Gasteiger partial charge in [-0.15, -0.1) is 6.58 Å². The number of benzene rings is 3. The molecule has 0 saturated heterocycles. The van der Waals surface area contributed by atoms with Gasteiger partial charge in [0.05, 0.1) is 29.4 Å². The fourth-order valence-electron chi connectivity index (χ4n) is 4.91. The van der Waals surface area contributed by atoms with Crippen molar-refractivity contribution in [2.45, 2.75) is 12.1 Å². The molecule has 9 nitrogen and oxygen atoms in total. The van der Waals surface area contributed by atoms with Crippen molar-refractivity contribution in [2.75, 3.05) is 6.54 Å². The smallest absolute Gasteiger partial charge is 0.274 e. The molecule has 0 aliphatic rings. The second-order valence-corrected chi connectivity index (χ2v) is 9.75. The molecule has 3 heterocycles. The van der Waals surface area contributed by atoms with Crippen molar-refractivity contribution in [3.63, 3.8) is 0 Å². The summed E-state index contributed by atoms with van der Waals surface area (Å²) in [7, 11) is 1.87. The molecule has 0 bridgehead atoms. The number of nitrogens with one attached hydrogen (secondary N) is 1. The van der Waals surface area contributed by atoms with Gasteiger partial charge in [-0.2, -0.15) is 4.52 Å². The quantitative estimate of drug-likeness (QED) is 0.221. The second-order valence-electron chi connectivity index (χ2n) is 9.31. The molecule has 194 valence electrons. The van der Waals surface area contributed by atoms with Gasteiger partial charge in [0.2, 0.25) is 0 Å². The predicted octanol–water partition coefficient (Wildman–Crippen LogP) is 4.29. The van der Waals surface area contributed by atoms with Crippen LogP contribution in [0.2, 0.25) is 5.02 Å². The number of imidazole rings is 1. The van der Waals surface area contributed by atoms with Gasteiger partial charge >= 0.3 is 0 Å². The van der Waals surface area contributed by atoms with Crippen LogP contribution in [-0.2, 0) is 19.2 Å². The highest BCUT2D eigenvalue weighted by Crippen LogP contribution is 2.39. The van der Waals surface area contributed by atoms with E-state index in [0.29, 0.717) is 39.9 Å². The van der Waals surface area contributed by atoms with E-state index in [-0.39, 0.29) is 0 Å². The maximum Gasteiger partial charge on any atom is 0.274 e. The minimum absolute atomic E-state index is 0.368. The molecule has 6 aromatic rings. The highest BCUT2D eigenvalue weighted by atomic mass is 35.5. The number of fused-ring (bicyclic) bond motifs is 3. The minimum atomic E-state index is -1.51. The number of halogens is 1. The maximum absolute atomic E-state index is 12.6. The average Bonchev–Trinajstić information content (AvgIpc) is 3.61. The lowest BCUT2D eigenvalue weighted by Gasteiger charge is -2.30. The van der Waals surface area contributed by atoms with Gasteiger partial charge in [0.1, 0.15) is 0 Å². The molecule has 10 heteroatoms. The first-order chi connectivity index (χ1) is 19.0. The number of hydrogen-bond acceptors (Lipinski definition) is 7. The van der Waals surface area contributed by atoms with Crippen LogP contribution in [0.25, 0.3) is 27.9 Å². The summed E-state index contributed by atoms with van der Waals surface area (Å²) in [6.45, 7) is 5.16. The highest BCUT2D eigenvalue weighted by Gasteiger charge is 2.37. The van der Waals surface area contributed by atoms with Crippen LogP contribution in [0.1, 0.15) is 22.4 Å². The predicted molar refractivity (Wildman–Crippen MR) is 150 cm³/mol. The van der Waals surface area contributed by atoms with Crippen LogP contribution >= 0.6 is 11.6 Å². The SMILES string of the molecule is C=CCNCc1ccc(C(O)(c2ccc3c(c2)c(-c2cccc(Cl)c2)nc2nnnn23)c2cncn2C)cc1. The third kappa shape index (κ3) is 4.36. The van der Waals surface area contributed by atoms with E-state index in [1.165, 1.54) is 0 Å². The van der Waals surface area contributed by atoms with Gasteiger partial charge in [-0.25, -0.2) is 9.97 Å². The maximum atomic E-state index is 12.6. The first kappa shape index (κ1) is 24.9. The molecule has 0 aliphatic heterocycles. The van der Waals surface area contributed by atoms with Crippen LogP contribution in [0, 0.1) is 0 Å². The highest BCUT2D eigenvalue weighted by molar-refractivity contribution is 6.30. The molecule has 0 spiro atoms. The van der Waals surface area contributed by atoms with Crippen molar-refractivity contribution >= 4 is 28.3 Å². The molecular formula is C29H25ClN8O. The molecule has 6 rings (SSSR count). The summed E-state index contributed by atoms with van der Waals surface area (Å²) < 4.78 is 3.41. The number of rotatable bonds is 8. The summed E-state index contributed by atoms with van der Waals surface area (Å²) in [5, 5.41) is 29.2. The van der Waals surface area contributed by atoms with E-state index in [0.717, 1.165) is 28.6 Å². The number of tetrazole rings is 1. The average molecular weight is 537 g/mol. The Morgan fingerprint density at radius 1 is 1.08 bits per heavy atom. The Balaban J connectivity index is 1.57. The van der Waals surface area contributed by atoms with Gasteiger partial charge in [-0.3, -0.25) is 0 Å². The standard InChI is InChI=1S/C29H25ClN8O/c1-3-13-31-16-19-7-9-21(10-8-19)29(39,26-17-32-18-37(26)2)22-11-12-25-24(15-22)27(20-5-4-6-23(30)14-20)33-28-34-35-36-38(25)28/h3-12,14-15,17-18,31,39H,1,13,16H2,2H3. The van der Waals surface area contributed by atoms with Crippen molar-refractivity contribution in [1.29, 1.82) is 0 Å².